The van der Waals surface area contributed by atoms with Crippen LogP contribution in [0.25, 0.3) is 11.0 Å². The minimum atomic E-state index is -0.350. The fourth-order valence-corrected chi connectivity index (χ4v) is 2.14. The molecule has 1 aliphatic carbocycles. The zero-order valence-electron chi connectivity index (χ0n) is 11.4. The monoisotopic (exact) mass is 275 g/mol. The highest BCUT2D eigenvalue weighted by Gasteiger charge is 2.20. The van der Waals surface area contributed by atoms with E-state index in [1.54, 1.807) is 6.20 Å². The third-order valence-corrected chi connectivity index (χ3v) is 3.48. The molecule has 0 radical (unpaired) electrons. The Balaban J connectivity index is 1.77. The first-order valence-corrected chi connectivity index (χ1v) is 6.75. The molecule has 1 aliphatic rings. The van der Waals surface area contributed by atoms with Gasteiger partial charge in [0.15, 0.2) is 5.65 Å². The van der Waals surface area contributed by atoms with Crippen molar-refractivity contribution in [3.05, 3.63) is 12.5 Å². The van der Waals surface area contributed by atoms with Crippen LogP contribution in [0.3, 0.4) is 0 Å². The molecule has 0 bridgehead atoms. The third-order valence-electron chi connectivity index (χ3n) is 3.48. The number of esters is 1. The fourth-order valence-electron chi connectivity index (χ4n) is 2.14. The largest absolute Gasteiger partial charge is 0.468 e. The molecule has 0 unspecified atom stereocenters. The Kier molecular flexibility index (Phi) is 3.49. The molecule has 0 spiro atoms. The van der Waals surface area contributed by atoms with Gasteiger partial charge in [-0.3, -0.25) is 4.79 Å². The fraction of sp³-hybridized carbons (Fsp3) is 0.538. The molecule has 2 heterocycles. The number of nitrogens with one attached hydrogen (secondary N) is 1. The molecule has 0 amide bonds. The van der Waals surface area contributed by atoms with Crippen molar-refractivity contribution in [2.24, 2.45) is 5.92 Å². The maximum Gasteiger partial charge on any atom is 0.327 e. The van der Waals surface area contributed by atoms with Crippen molar-refractivity contribution in [1.82, 2.24) is 19.7 Å². The molecule has 1 fully saturated rings. The van der Waals surface area contributed by atoms with Crippen molar-refractivity contribution in [3.8, 4) is 0 Å². The van der Waals surface area contributed by atoms with Crippen molar-refractivity contribution >= 4 is 22.8 Å². The Morgan fingerprint density at radius 1 is 1.50 bits per heavy atom. The van der Waals surface area contributed by atoms with E-state index in [0.29, 0.717) is 5.65 Å². The number of aromatic nitrogens is 4. The number of hydrogen-bond donors (Lipinski definition) is 1. The molecule has 1 N–H and O–H groups in total. The van der Waals surface area contributed by atoms with E-state index in [0.717, 1.165) is 23.7 Å². The zero-order valence-corrected chi connectivity index (χ0v) is 11.4. The van der Waals surface area contributed by atoms with Crippen LogP contribution in [0.1, 0.15) is 19.3 Å². The van der Waals surface area contributed by atoms with Gasteiger partial charge in [0.05, 0.1) is 18.7 Å². The molecule has 0 saturated heterocycles. The maximum absolute atomic E-state index is 11.3. The normalized spacial score (nSPS) is 14.4. The number of methoxy groups -OCH3 is 1. The average molecular weight is 275 g/mol. The standard InChI is InChI=1S/C13H17N5O2/c1-20-11(19)7-18-13-10(6-17-18)12(15-8-16-13)14-5-4-9-2-3-9/h6,8-9H,2-5,7H2,1H3,(H,14,15,16). The quantitative estimate of drug-likeness (QED) is 0.798. The zero-order chi connectivity index (χ0) is 13.9. The summed E-state index contributed by atoms with van der Waals surface area (Å²) in [5.41, 5.74) is 0.638. The van der Waals surface area contributed by atoms with Crippen LogP contribution in [0, 0.1) is 5.92 Å². The first-order valence-electron chi connectivity index (χ1n) is 6.75. The van der Waals surface area contributed by atoms with Crippen LogP contribution in [0.2, 0.25) is 0 Å². The number of nitrogens with zero attached hydrogens (tertiary/aromatic N) is 4. The molecule has 106 valence electrons. The number of anilines is 1. The summed E-state index contributed by atoms with van der Waals surface area (Å²) >= 11 is 0. The molecule has 3 rings (SSSR count). The summed E-state index contributed by atoms with van der Waals surface area (Å²) in [6, 6.07) is 0. The second-order valence-corrected chi connectivity index (χ2v) is 5.00. The first-order chi connectivity index (χ1) is 9.78. The lowest BCUT2D eigenvalue weighted by atomic mass is 10.3. The van der Waals surface area contributed by atoms with Crippen molar-refractivity contribution in [2.75, 3.05) is 19.0 Å². The van der Waals surface area contributed by atoms with Gasteiger partial charge in [-0.2, -0.15) is 5.10 Å². The Bertz CT molecular complexity index is 620. The van der Waals surface area contributed by atoms with E-state index in [1.165, 1.54) is 37.4 Å². The molecule has 0 aliphatic heterocycles. The third kappa shape index (κ3) is 2.71. The second-order valence-electron chi connectivity index (χ2n) is 5.00. The molecule has 2 aromatic heterocycles. The summed E-state index contributed by atoms with van der Waals surface area (Å²) in [7, 11) is 1.36. The van der Waals surface area contributed by atoms with Crippen LogP contribution in [-0.2, 0) is 16.1 Å². The van der Waals surface area contributed by atoms with Gasteiger partial charge in [0.1, 0.15) is 18.7 Å². The molecular formula is C13H17N5O2. The van der Waals surface area contributed by atoms with Crippen LogP contribution in [0.4, 0.5) is 5.82 Å². The minimum absolute atomic E-state index is 0.0541. The summed E-state index contributed by atoms with van der Waals surface area (Å²) in [4.78, 5) is 19.8. The smallest absolute Gasteiger partial charge is 0.327 e. The summed E-state index contributed by atoms with van der Waals surface area (Å²) in [6.45, 7) is 0.956. The first kappa shape index (κ1) is 12.8. The Morgan fingerprint density at radius 2 is 2.35 bits per heavy atom. The molecule has 1 saturated carbocycles. The number of fused-ring (bicyclic) bond motifs is 1. The predicted octanol–water partition coefficient (Wildman–Crippen LogP) is 1.21. The predicted molar refractivity (Wildman–Crippen MR) is 73.2 cm³/mol. The Hall–Kier alpha value is -2.18. The van der Waals surface area contributed by atoms with E-state index in [1.807, 2.05) is 0 Å². The van der Waals surface area contributed by atoms with E-state index >= 15 is 0 Å². The second kappa shape index (κ2) is 5.44. The molecule has 2 aromatic rings. The van der Waals surface area contributed by atoms with Crippen LogP contribution < -0.4 is 5.32 Å². The summed E-state index contributed by atoms with van der Waals surface area (Å²) in [5, 5.41) is 8.32. The summed E-state index contributed by atoms with van der Waals surface area (Å²) in [5.74, 6) is 1.30. The van der Waals surface area contributed by atoms with Crippen LogP contribution in [-0.4, -0.2) is 39.4 Å². The number of carbonyl (C=O) groups is 1. The van der Waals surface area contributed by atoms with E-state index in [2.05, 4.69) is 25.1 Å². The SMILES string of the molecule is COC(=O)Cn1ncc2c(NCCC3CC3)ncnc21. The molecule has 7 nitrogen and oxygen atoms in total. The highest BCUT2D eigenvalue weighted by Crippen LogP contribution is 2.32. The molecule has 0 aromatic carbocycles. The molecule has 0 atom stereocenters. The van der Waals surface area contributed by atoms with Gasteiger partial charge in [-0.1, -0.05) is 12.8 Å². The summed E-state index contributed by atoms with van der Waals surface area (Å²) < 4.78 is 6.16. The van der Waals surface area contributed by atoms with Crippen molar-refractivity contribution < 1.29 is 9.53 Å². The van der Waals surface area contributed by atoms with Gasteiger partial charge in [-0.15, -0.1) is 0 Å². The number of hydrogen-bond acceptors (Lipinski definition) is 6. The van der Waals surface area contributed by atoms with Gasteiger partial charge in [0.2, 0.25) is 0 Å². The lowest BCUT2D eigenvalue weighted by Gasteiger charge is -2.06. The van der Waals surface area contributed by atoms with Crippen molar-refractivity contribution in [1.29, 1.82) is 0 Å². The van der Waals surface area contributed by atoms with Crippen LogP contribution >= 0.6 is 0 Å². The van der Waals surface area contributed by atoms with Gasteiger partial charge in [0, 0.05) is 6.54 Å². The number of ether oxygens (including phenoxy) is 1. The minimum Gasteiger partial charge on any atom is -0.468 e. The lowest BCUT2D eigenvalue weighted by molar-refractivity contribution is -0.141. The van der Waals surface area contributed by atoms with Gasteiger partial charge in [-0.25, -0.2) is 14.6 Å². The molecular weight excluding hydrogens is 258 g/mol. The van der Waals surface area contributed by atoms with Gasteiger partial charge >= 0.3 is 5.97 Å². The van der Waals surface area contributed by atoms with E-state index in [9.17, 15) is 4.79 Å². The maximum atomic E-state index is 11.3. The molecule has 7 heteroatoms. The van der Waals surface area contributed by atoms with Gasteiger partial charge in [0.25, 0.3) is 0 Å². The van der Waals surface area contributed by atoms with E-state index in [4.69, 9.17) is 0 Å². The van der Waals surface area contributed by atoms with Crippen LogP contribution in [0.15, 0.2) is 12.5 Å². The van der Waals surface area contributed by atoms with Crippen LogP contribution in [0.5, 0.6) is 0 Å². The Morgan fingerprint density at radius 3 is 3.10 bits per heavy atom. The average Bonchev–Trinajstić information content (AvgIpc) is 3.20. The number of carbonyl (C=O) groups excluding carboxylic acids is 1. The van der Waals surface area contributed by atoms with Gasteiger partial charge in [-0.05, 0) is 12.3 Å². The highest BCUT2D eigenvalue weighted by atomic mass is 16.5. The summed E-state index contributed by atoms with van der Waals surface area (Å²) in [6.07, 6.45) is 7.02. The van der Waals surface area contributed by atoms with Crippen molar-refractivity contribution in [3.63, 3.8) is 0 Å². The van der Waals surface area contributed by atoms with Crippen molar-refractivity contribution in [2.45, 2.75) is 25.8 Å². The Labute approximate surface area is 116 Å². The van der Waals surface area contributed by atoms with E-state index < -0.39 is 0 Å². The molecule has 20 heavy (non-hydrogen) atoms. The topological polar surface area (TPSA) is 81.9 Å². The van der Waals surface area contributed by atoms with E-state index in [-0.39, 0.29) is 12.5 Å². The number of rotatable bonds is 6. The van der Waals surface area contributed by atoms with Gasteiger partial charge < -0.3 is 10.1 Å². The highest BCUT2D eigenvalue weighted by molar-refractivity contribution is 5.86. The lowest BCUT2D eigenvalue weighted by Crippen LogP contribution is -2.13.